The normalized spacial score (nSPS) is 18.1. The van der Waals surface area contributed by atoms with E-state index in [4.69, 9.17) is 27.9 Å². The van der Waals surface area contributed by atoms with Crippen LogP contribution in [0.25, 0.3) is 0 Å². The van der Waals surface area contributed by atoms with Gasteiger partial charge in [-0.05, 0) is 47.6 Å². The van der Waals surface area contributed by atoms with Gasteiger partial charge >= 0.3 is 0 Å². The number of nitrogens with one attached hydrogen (secondary N) is 1. The molecule has 1 aliphatic heterocycles. The van der Waals surface area contributed by atoms with Gasteiger partial charge in [-0.15, -0.1) is 0 Å². The number of nitrogens with zero attached hydrogens (tertiary/aromatic N) is 2. The minimum atomic E-state index is -3.83. The van der Waals surface area contributed by atoms with Crippen LogP contribution in [0, 0.1) is 0 Å². The van der Waals surface area contributed by atoms with Gasteiger partial charge in [-0.2, -0.15) is 0 Å². The molecule has 0 spiro atoms. The zero-order valence-corrected chi connectivity index (χ0v) is 17.7. The van der Waals surface area contributed by atoms with Crippen molar-refractivity contribution in [3.63, 3.8) is 0 Å². The number of aromatic nitrogens is 1. The van der Waals surface area contributed by atoms with E-state index in [2.05, 4.69) is 30.5 Å². The second-order valence-electron chi connectivity index (χ2n) is 5.99. The monoisotopic (exact) mass is 479 g/mol. The molecule has 1 aromatic heterocycles. The molecular weight excluding hydrogens is 465 g/mol. The number of likely N-dealkylation sites (tertiary alicyclic amines) is 1. The maximum atomic E-state index is 12.6. The van der Waals surface area contributed by atoms with Gasteiger partial charge in [0.05, 0.1) is 15.2 Å². The smallest absolute Gasteiger partial charge is 0.263 e. The van der Waals surface area contributed by atoms with Gasteiger partial charge in [0.25, 0.3) is 10.0 Å². The molecule has 1 aliphatic rings. The van der Waals surface area contributed by atoms with Crippen LogP contribution in [0.5, 0.6) is 5.75 Å². The number of ether oxygens (including phenoxy) is 1. The van der Waals surface area contributed by atoms with E-state index in [1.807, 2.05) is 7.05 Å². The van der Waals surface area contributed by atoms with Gasteiger partial charge in [-0.3, -0.25) is 4.72 Å². The number of sulfonamides is 1. The van der Waals surface area contributed by atoms with Crippen molar-refractivity contribution in [2.75, 3.05) is 24.9 Å². The summed E-state index contributed by atoms with van der Waals surface area (Å²) in [6.07, 6.45) is 2.12. The lowest BCUT2D eigenvalue weighted by molar-refractivity contribution is 0.208. The number of hydrogen-bond donors (Lipinski definition) is 1. The predicted octanol–water partition coefficient (Wildman–Crippen LogP) is 4.03. The van der Waals surface area contributed by atoms with Crippen molar-refractivity contribution in [2.45, 2.75) is 17.4 Å². The number of benzene rings is 1. The third-order valence-corrected chi connectivity index (χ3v) is 6.70. The largest absolute Gasteiger partial charge is 0.487 e. The van der Waals surface area contributed by atoms with Crippen LogP contribution in [-0.2, 0) is 10.0 Å². The average Bonchev–Trinajstić information content (AvgIpc) is 2.98. The van der Waals surface area contributed by atoms with Crippen molar-refractivity contribution in [1.29, 1.82) is 0 Å². The minimum Gasteiger partial charge on any atom is -0.487 e. The van der Waals surface area contributed by atoms with Gasteiger partial charge in [-0.25, -0.2) is 13.4 Å². The van der Waals surface area contributed by atoms with Crippen molar-refractivity contribution < 1.29 is 13.2 Å². The summed E-state index contributed by atoms with van der Waals surface area (Å²) in [6.45, 7) is 1.75. The lowest BCUT2D eigenvalue weighted by Gasteiger charge is -2.16. The van der Waals surface area contributed by atoms with Gasteiger partial charge in [0, 0.05) is 25.4 Å². The van der Waals surface area contributed by atoms with Crippen LogP contribution in [0.4, 0.5) is 5.69 Å². The molecule has 1 unspecified atom stereocenters. The van der Waals surface area contributed by atoms with E-state index in [1.165, 1.54) is 12.3 Å². The predicted molar refractivity (Wildman–Crippen MR) is 106 cm³/mol. The Morgan fingerprint density at radius 1 is 1.35 bits per heavy atom. The molecule has 0 saturated carbocycles. The molecule has 26 heavy (non-hydrogen) atoms. The van der Waals surface area contributed by atoms with Crippen LogP contribution >= 0.6 is 39.1 Å². The van der Waals surface area contributed by atoms with E-state index >= 15 is 0 Å². The second-order valence-corrected chi connectivity index (χ2v) is 9.29. The summed E-state index contributed by atoms with van der Waals surface area (Å²) in [5.41, 5.74) is 0.349. The van der Waals surface area contributed by atoms with Crippen molar-refractivity contribution in [2.24, 2.45) is 0 Å². The summed E-state index contributed by atoms with van der Waals surface area (Å²) in [5.74, 6) is 0.447. The molecule has 0 bridgehead atoms. The maximum absolute atomic E-state index is 12.6. The molecule has 1 N–H and O–H groups in total. The third-order valence-electron chi connectivity index (χ3n) is 3.91. The number of halogens is 3. The summed E-state index contributed by atoms with van der Waals surface area (Å²) in [6, 6.07) is 6.14. The van der Waals surface area contributed by atoms with E-state index in [-0.39, 0.29) is 16.2 Å². The van der Waals surface area contributed by atoms with Crippen LogP contribution < -0.4 is 9.46 Å². The van der Waals surface area contributed by atoms with E-state index in [9.17, 15) is 8.42 Å². The van der Waals surface area contributed by atoms with Gasteiger partial charge in [0.2, 0.25) is 0 Å². The average molecular weight is 481 g/mol. The molecule has 1 saturated heterocycles. The topological polar surface area (TPSA) is 71.5 Å². The maximum Gasteiger partial charge on any atom is 0.263 e. The van der Waals surface area contributed by atoms with Gasteiger partial charge < -0.3 is 9.64 Å². The quantitative estimate of drug-likeness (QED) is 0.654. The first-order chi connectivity index (χ1) is 12.2. The molecule has 1 fully saturated rings. The highest BCUT2D eigenvalue weighted by atomic mass is 79.9. The molecule has 0 aliphatic carbocycles. The van der Waals surface area contributed by atoms with E-state index in [0.29, 0.717) is 20.9 Å². The molecule has 2 aromatic rings. The van der Waals surface area contributed by atoms with E-state index in [0.717, 1.165) is 19.5 Å². The summed E-state index contributed by atoms with van der Waals surface area (Å²) in [5, 5.41) is 0.617. The zero-order valence-electron chi connectivity index (χ0n) is 13.7. The molecule has 6 nitrogen and oxygen atoms in total. The van der Waals surface area contributed by atoms with Gasteiger partial charge in [-0.1, -0.05) is 23.2 Å². The standard InChI is InChI=1S/C16H16BrCl2N3O3S/c1-22-5-4-11(9-22)25-15-6-10(2-3-14(15)18)21-26(23,24)12-7-13(17)16(19)20-8-12/h2-3,6-8,11,21H,4-5,9H2,1H3. The Labute approximate surface area is 170 Å². The van der Waals surface area contributed by atoms with Crippen LogP contribution in [0.1, 0.15) is 6.42 Å². The second kappa shape index (κ2) is 7.90. The van der Waals surface area contributed by atoms with Gasteiger partial charge in [0.1, 0.15) is 21.9 Å². The van der Waals surface area contributed by atoms with E-state index < -0.39 is 10.0 Å². The first-order valence-corrected chi connectivity index (χ1v) is 10.8. The molecule has 2 heterocycles. The van der Waals surface area contributed by atoms with Gasteiger partial charge in [0.15, 0.2) is 0 Å². The summed E-state index contributed by atoms with van der Waals surface area (Å²) in [7, 11) is -1.80. The molecule has 10 heteroatoms. The summed E-state index contributed by atoms with van der Waals surface area (Å²) < 4.78 is 33.9. The Bertz CT molecular complexity index is 927. The Kier molecular flexibility index (Phi) is 5.98. The summed E-state index contributed by atoms with van der Waals surface area (Å²) >= 11 is 15.2. The molecule has 1 atom stereocenters. The number of rotatable bonds is 5. The van der Waals surface area contributed by atoms with Crippen LogP contribution in [0.2, 0.25) is 10.2 Å². The highest BCUT2D eigenvalue weighted by Gasteiger charge is 2.22. The lowest BCUT2D eigenvalue weighted by atomic mass is 10.3. The fourth-order valence-electron chi connectivity index (χ4n) is 2.59. The number of likely N-dealkylation sites (N-methyl/N-ethyl adjacent to an activating group) is 1. The highest BCUT2D eigenvalue weighted by Crippen LogP contribution is 2.31. The third kappa shape index (κ3) is 4.61. The first-order valence-electron chi connectivity index (χ1n) is 7.73. The fourth-order valence-corrected chi connectivity index (χ4v) is 4.38. The Morgan fingerprint density at radius 3 is 2.77 bits per heavy atom. The SMILES string of the molecule is CN1CCC(Oc2cc(NS(=O)(=O)c3cnc(Cl)c(Br)c3)ccc2Cl)C1. The first kappa shape index (κ1) is 19.7. The van der Waals surface area contributed by atoms with Crippen LogP contribution in [0.3, 0.4) is 0 Å². The van der Waals surface area contributed by atoms with Crippen molar-refractivity contribution in [3.8, 4) is 5.75 Å². The van der Waals surface area contributed by atoms with Crippen molar-refractivity contribution in [1.82, 2.24) is 9.88 Å². The molecule has 1 aromatic carbocycles. The van der Waals surface area contributed by atoms with Crippen molar-refractivity contribution >= 4 is 54.8 Å². The Morgan fingerprint density at radius 2 is 2.12 bits per heavy atom. The molecule has 3 rings (SSSR count). The molecule has 0 radical (unpaired) electrons. The van der Waals surface area contributed by atoms with Crippen LogP contribution in [0.15, 0.2) is 39.8 Å². The number of pyridine rings is 1. The van der Waals surface area contributed by atoms with E-state index in [1.54, 1.807) is 18.2 Å². The fraction of sp³-hybridized carbons (Fsp3) is 0.312. The summed E-state index contributed by atoms with van der Waals surface area (Å²) in [4.78, 5) is 6.00. The Balaban J connectivity index is 1.80. The highest BCUT2D eigenvalue weighted by molar-refractivity contribution is 9.10. The lowest BCUT2D eigenvalue weighted by Crippen LogP contribution is -2.21. The number of anilines is 1. The number of hydrogen-bond acceptors (Lipinski definition) is 5. The van der Waals surface area contributed by atoms with Crippen LogP contribution in [-0.4, -0.2) is 44.5 Å². The zero-order chi connectivity index (χ0) is 18.9. The molecule has 0 amide bonds. The van der Waals surface area contributed by atoms with Crippen molar-refractivity contribution in [3.05, 3.63) is 45.1 Å². The molecule has 140 valence electrons. The Hall–Kier alpha value is -1.06. The molecular formula is C16H16BrCl2N3O3S. The minimum absolute atomic E-state index is 0.0105.